The number of amides is 1. The fourth-order valence-corrected chi connectivity index (χ4v) is 4.29. The number of nitrogens with one attached hydrogen (secondary N) is 1. The van der Waals surface area contributed by atoms with E-state index in [1.807, 2.05) is 89.8 Å². The number of hydrogen-bond donors (Lipinski definition) is 1. The van der Waals surface area contributed by atoms with Gasteiger partial charge in [0.1, 0.15) is 11.5 Å². The summed E-state index contributed by atoms with van der Waals surface area (Å²) in [4.78, 5) is 18.0. The highest BCUT2D eigenvalue weighted by Crippen LogP contribution is 2.27. The van der Waals surface area contributed by atoms with E-state index in [-0.39, 0.29) is 5.91 Å². The quantitative estimate of drug-likeness (QED) is 0.349. The lowest BCUT2D eigenvalue weighted by atomic mass is 10.2. The zero-order chi connectivity index (χ0) is 19.9. The summed E-state index contributed by atoms with van der Waals surface area (Å²) in [6.07, 6.45) is 0. The van der Waals surface area contributed by atoms with Crippen molar-refractivity contribution >= 4 is 34.7 Å². The Hall–Kier alpha value is -3.09. The highest BCUT2D eigenvalue weighted by molar-refractivity contribution is 7.98. The molecule has 0 radical (unpaired) electrons. The Morgan fingerprint density at radius 3 is 2.41 bits per heavy atom. The number of benzene rings is 3. The molecule has 4 nitrogen and oxygen atoms in total. The highest BCUT2D eigenvalue weighted by atomic mass is 32.2. The first-order valence-corrected chi connectivity index (χ1v) is 10.9. The Balaban J connectivity index is 1.41. The molecule has 1 aromatic heterocycles. The molecule has 1 heterocycles. The van der Waals surface area contributed by atoms with E-state index in [9.17, 15) is 4.79 Å². The van der Waals surface area contributed by atoms with Crippen molar-refractivity contribution in [2.75, 3.05) is 5.32 Å². The van der Waals surface area contributed by atoms with Gasteiger partial charge in [-0.1, -0.05) is 30.3 Å². The van der Waals surface area contributed by atoms with Gasteiger partial charge in [-0.05, 0) is 48.5 Å². The second-order valence-electron chi connectivity index (χ2n) is 6.16. The summed E-state index contributed by atoms with van der Waals surface area (Å²) in [5.41, 5.74) is 4.20. The standard InChI is InChI=1S/C23H18N2O2S2/c26-23(21-8-4-5-9-22(21)29-15-18-14-28-16-24-18)25-17-10-12-20(13-11-17)27-19-6-2-1-3-7-19/h1-14,16H,15H2,(H,25,26). The third-order valence-electron chi connectivity index (χ3n) is 4.08. The van der Waals surface area contributed by atoms with Crippen molar-refractivity contribution in [1.29, 1.82) is 0 Å². The van der Waals surface area contributed by atoms with Gasteiger partial charge in [0.2, 0.25) is 0 Å². The third-order valence-corrected chi connectivity index (χ3v) is 5.82. The van der Waals surface area contributed by atoms with Gasteiger partial charge in [0.25, 0.3) is 5.91 Å². The molecule has 4 aromatic rings. The van der Waals surface area contributed by atoms with Gasteiger partial charge in [-0.3, -0.25) is 4.79 Å². The zero-order valence-corrected chi connectivity index (χ0v) is 17.1. The van der Waals surface area contributed by atoms with Crippen molar-refractivity contribution in [3.63, 3.8) is 0 Å². The molecule has 0 fully saturated rings. The van der Waals surface area contributed by atoms with Gasteiger partial charge in [0.05, 0.1) is 16.8 Å². The lowest BCUT2D eigenvalue weighted by Crippen LogP contribution is -2.12. The first-order valence-electron chi connectivity index (χ1n) is 9.01. The predicted octanol–water partition coefficient (Wildman–Crippen LogP) is 6.48. The van der Waals surface area contributed by atoms with Gasteiger partial charge < -0.3 is 10.1 Å². The van der Waals surface area contributed by atoms with Gasteiger partial charge in [-0.15, -0.1) is 23.1 Å². The minimum atomic E-state index is -0.136. The van der Waals surface area contributed by atoms with Crippen LogP contribution in [0.2, 0.25) is 0 Å². The number of aromatic nitrogens is 1. The summed E-state index contributed by atoms with van der Waals surface area (Å²) < 4.78 is 5.79. The Morgan fingerprint density at radius 2 is 1.66 bits per heavy atom. The second-order valence-corrected chi connectivity index (χ2v) is 7.89. The van der Waals surface area contributed by atoms with Gasteiger partial charge in [0.15, 0.2) is 0 Å². The maximum atomic E-state index is 12.8. The first-order chi connectivity index (χ1) is 14.3. The summed E-state index contributed by atoms with van der Waals surface area (Å²) in [6.45, 7) is 0. The minimum Gasteiger partial charge on any atom is -0.457 e. The maximum absolute atomic E-state index is 12.8. The molecule has 0 atom stereocenters. The monoisotopic (exact) mass is 418 g/mol. The van der Waals surface area contributed by atoms with Crippen molar-refractivity contribution in [2.45, 2.75) is 10.6 Å². The van der Waals surface area contributed by atoms with Crippen LogP contribution in [0.5, 0.6) is 11.5 Å². The SMILES string of the molecule is O=C(Nc1ccc(Oc2ccccc2)cc1)c1ccccc1SCc1cscn1. The van der Waals surface area contributed by atoms with Gasteiger partial charge >= 0.3 is 0 Å². The number of thiazole rings is 1. The Labute approximate surface area is 177 Å². The van der Waals surface area contributed by atoms with Crippen LogP contribution in [0.4, 0.5) is 5.69 Å². The Morgan fingerprint density at radius 1 is 0.931 bits per heavy atom. The van der Waals surface area contributed by atoms with E-state index in [1.54, 1.807) is 23.1 Å². The fraction of sp³-hybridized carbons (Fsp3) is 0.0435. The molecule has 6 heteroatoms. The van der Waals surface area contributed by atoms with Crippen LogP contribution in [-0.2, 0) is 5.75 Å². The molecule has 0 saturated carbocycles. The molecular formula is C23H18N2O2S2. The van der Waals surface area contributed by atoms with Crippen molar-refractivity contribution in [1.82, 2.24) is 4.98 Å². The molecule has 4 rings (SSSR count). The molecule has 29 heavy (non-hydrogen) atoms. The van der Waals surface area contributed by atoms with Gasteiger partial charge in [0, 0.05) is 21.7 Å². The predicted molar refractivity (Wildman–Crippen MR) is 119 cm³/mol. The molecule has 0 aliphatic heterocycles. The highest BCUT2D eigenvalue weighted by Gasteiger charge is 2.12. The lowest BCUT2D eigenvalue weighted by molar-refractivity contribution is 0.102. The van der Waals surface area contributed by atoms with Crippen LogP contribution < -0.4 is 10.1 Å². The molecular weight excluding hydrogens is 400 g/mol. The van der Waals surface area contributed by atoms with Crippen LogP contribution in [0, 0.1) is 0 Å². The van der Waals surface area contributed by atoms with E-state index in [1.165, 1.54) is 0 Å². The number of ether oxygens (including phenoxy) is 1. The molecule has 0 aliphatic carbocycles. The molecule has 1 N–H and O–H groups in total. The minimum absolute atomic E-state index is 0.136. The number of hydrogen-bond acceptors (Lipinski definition) is 5. The lowest BCUT2D eigenvalue weighted by Gasteiger charge is -2.10. The van der Waals surface area contributed by atoms with E-state index < -0.39 is 0 Å². The summed E-state index contributed by atoms with van der Waals surface area (Å²) in [6, 6.07) is 24.5. The van der Waals surface area contributed by atoms with Crippen LogP contribution in [0.15, 0.2) is 94.6 Å². The smallest absolute Gasteiger partial charge is 0.256 e. The molecule has 144 valence electrons. The maximum Gasteiger partial charge on any atom is 0.256 e. The number of carbonyl (C=O) groups is 1. The molecule has 0 bridgehead atoms. The molecule has 0 spiro atoms. The summed E-state index contributed by atoms with van der Waals surface area (Å²) in [7, 11) is 0. The van der Waals surface area contributed by atoms with Crippen molar-refractivity contribution < 1.29 is 9.53 Å². The van der Waals surface area contributed by atoms with Crippen LogP contribution in [0.25, 0.3) is 0 Å². The molecule has 0 aliphatic rings. The van der Waals surface area contributed by atoms with E-state index >= 15 is 0 Å². The van der Waals surface area contributed by atoms with Crippen molar-refractivity contribution in [3.05, 3.63) is 101 Å². The normalized spacial score (nSPS) is 10.5. The average molecular weight is 419 g/mol. The molecule has 0 saturated heterocycles. The molecule has 1 amide bonds. The number of carbonyl (C=O) groups excluding carboxylic acids is 1. The van der Waals surface area contributed by atoms with Crippen molar-refractivity contribution in [2.24, 2.45) is 0 Å². The second kappa shape index (κ2) is 9.41. The number of para-hydroxylation sites is 1. The van der Waals surface area contributed by atoms with E-state index in [0.717, 1.165) is 27.8 Å². The number of rotatable bonds is 7. The van der Waals surface area contributed by atoms with Crippen LogP contribution in [0.1, 0.15) is 16.1 Å². The van der Waals surface area contributed by atoms with Crippen LogP contribution in [0.3, 0.4) is 0 Å². The number of nitrogens with zero attached hydrogens (tertiary/aromatic N) is 1. The van der Waals surface area contributed by atoms with Crippen molar-refractivity contribution in [3.8, 4) is 11.5 Å². The third kappa shape index (κ3) is 5.25. The van der Waals surface area contributed by atoms with E-state index in [0.29, 0.717) is 11.3 Å². The van der Waals surface area contributed by atoms with Crippen LogP contribution >= 0.6 is 23.1 Å². The topological polar surface area (TPSA) is 51.2 Å². The van der Waals surface area contributed by atoms with E-state index in [4.69, 9.17) is 4.74 Å². The largest absolute Gasteiger partial charge is 0.457 e. The fourth-order valence-electron chi connectivity index (χ4n) is 2.67. The Kier molecular flexibility index (Phi) is 6.24. The molecule has 0 unspecified atom stereocenters. The number of anilines is 1. The number of thioether (sulfide) groups is 1. The summed E-state index contributed by atoms with van der Waals surface area (Å²) >= 11 is 3.19. The average Bonchev–Trinajstić information content (AvgIpc) is 3.28. The van der Waals surface area contributed by atoms with Crippen LogP contribution in [-0.4, -0.2) is 10.9 Å². The summed E-state index contributed by atoms with van der Waals surface area (Å²) in [5, 5.41) is 4.98. The summed E-state index contributed by atoms with van der Waals surface area (Å²) in [5.74, 6) is 2.09. The zero-order valence-electron chi connectivity index (χ0n) is 15.4. The first kappa shape index (κ1) is 19.2. The van der Waals surface area contributed by atoms with Gasteiger partial charge in [-0.2, -0.15) is 0 Å². The Bertz CT molecular complexity index is 1070. The van der Waals surface area contributed by atoms with E-state index in [2.05, 4.69) is 10.3 Å². The van der Waals surface area contributed by atoms with Gasteiger partial charge in [-0.25, -0.2) is 4.98 Å². The molecule has 3 aromatic carbocycles.